The van der Waals surface area contributed by atoms with E-state index >= 15 is 0 Å². The zero-order valence-corrected chi connectivity index (χ0v) is 10.8. The van der Waals surface area contributed by atoms with Gasteiger partial charge in [0.2, 0.25) is 0 Å². The Morgan fingerprint density at radius 3 is 2.94 bits per heavy atom. The topological polar surface area (TPSA) is 29.9 Å². The van der Waals surface area contributed by atoms with Gasteiger partial charge in [0, 0.05) is 6.54 Å². The van der Waals surface area contributed by atoms with E-state index in [1.807, 2.05) is 4.68 Å². The van der Waals surface area contributed by atoms with Crippen molar-refractivity contribution >= 4 is 11.6 Å². The van der Waals surface area contributed by atoms with E-state index in [9.17, 15) is 0 Å². The SMILES string of the molecule is CCCC1(c2c(Cl)cnn2CC)CCCN1. The van der Waals surface area contributed by atoms with E-state index < -0.39 is 0 Å². The maximum atomic E-state index is 6.31. The molecule has 0 aromatic carbocycles. The third-order valence-corrected chi connectivity index (χ3v) is 3.74. The summed E-state index contributed by atoms with van der Waals surface area (Å²) in [6, 6.07) is 0. The van der Waals surface area contributed by atoms with E-state index in [4.69, 9.17) is 11.6 Å². The third-order valence-electron chi connectivity index (χ3n) is 3.47. The number of rotatable bonds is 4. The summed E-state index contributed by atoms with van der Waals surface area (Å²) < 4.78 is 2.04. The molecule has 0 amide bonds. The molecular weight excluding hydrogens is 222 g/mol. The summed E-state index contributed by atoms with van der Waals surface area (Å²) in [5, 5.41) is 8.80. The summed E-state index contributed by atoms with van der Waals surface area (Å²) in [6.45, 7) is 6.31. The Morgan fingerprint density at radius 1 is 1.56 bits per heavy atom. The zero-order chi connectivity index (χ0) is 11.6. The second kappa shape index (κ2) is 4.76. The first kappa shape index (κ1) is 11.9. The van der Waals surface area contributed by atoms with Crippen molar-refractivity contribution in [1.82, 2.24) is 15.1 Å². The average Bonchev–Trinajstić information content (AvgIpc) is 2.86. The Balaban J connectivity index is 2.41. The molecule has 0 saturated carbocycles. The van der Waals surface area contributed by atoms with Gasteiger partial charge in [-0.3, -0.25) is 4.68 Å². The van der Waals surface area contributed by atoms with Gasteiger partial charge in [-0.25, -0.2) is 0 Å². The van der Waals surface area contributed by atoms with E-state index in [0.717, 1.165) is 31.0 Å². The Morgan fingerprint density at radius 2 is 2.38 bits per heavy atom. The molecule has 90 valence electrons. The predicted octanol–water partition coefficient (Wildman–Crippen LogP) is 2.94. The lowest BCUT2D eigenvalue weighted by Gasteiger charge is -2.30. The lowest BCUT2D eigenvalue weighted by molar-refractivity contribution is 0.326. The van der Waals surface area contributed by atoms with Crippen molar-refractivity contribution < 1.29 is 0 Å². The zero-order valence-electron chi connectivity index (χ0n) is 10.1. The van der Waals surface area contributed by atoms with Crippen LogP contribution in [-0.2, 0) is 12.1 Å². The maximum absolute atomic E-state index is 6.31. The Hall–Kier alpha value is -0.540. The fourth-order valence-corrected chi connectivity index (χ4v) is 3.17. The van der Waals surface area contributed by atoms with Gasteiger partial charge in [0.1, 0.15) is 0 Å². The minimum Gasteiger partial charge on any atom is -0.306 e. The van der Waals surface area contributed by atoms with E-state index in [1.165, 1.54) is 18.5 Å². The number of nitrogens with zero attached hydrogens (tertiary/aromatic N) is 2. The van der Waals surface area contributed by atoms with E-state index in [2.05, 4.69) is 24.3 Å². The molecule has 3 nitrogen and oxygen atoms in total. The normalized spacial score (nSPS) is 25.2. The van der Waals surface area contributed by atoms with Crippen LogP contribution in [-0.4, -0.2) is 16.3 Å². The van der Waals surface area contributed by atoms with Crippen LogP contribution in [0.25, 0.3) is 0 Å². The van der Waals surface area contributed by atoms with Gasteiger partial charge in [0.05, 0.1) is 22.5 Å². The molecule has 16 heavy (non-hydrogen) atoms. The van der Waals surface area contributed by atoms with Crippen LogP contribution < -0.4 is 5.32 Å². The summed E-state index contributed by atoms with van der Waals surface area (Å²) in [5.74, 6) is 0. The van der Waals surface area contributed by atoms with Crippen LogP contribution in [0.4, 0.5) is 0 Å². The third kappa shape index (κ3) is 1.87. The smallest absolute Gasteiger partial charge is 0.0837 e. The van der Waals surface area contributed by atoms with Gasteiger partial charge in [-0.1, -0.05) is 24.9 Å². The number of aryl methyl sites for hydroxylation is 1. The summed E-state index contributed by atoms with van der Waals surface area (Å²) in [4.78, 5) is 0. The Labute approximate surface area is 102 Å². The van der Waals surface area contributed by atoms with Crippen LogP contribution in [0.15, 0.2) is 6.20 Å². The van der Waals surface area contributed by atoms with Gasteiger partial charge in [-0.15, -0.1) is 0 Å². The maximum Gasteiger partial charge on any atom is 0.0837 e. The molecule has 1 aromatic heterocycles. The van der Waals surface area contributed by atoms with E-state index in [0.29, 0.717) is 0 Å². The molecule has 4 heteroatoms. The minimum absolute atomic E-state index is 0.0678. The van der Waals surface area contributed by atoms with E-state index in [-0.39, 0.29) is 5.54 Å². The number of hydrogen-bond donors (Lipinski definition) is 1. The standard InChI is InChI=1S/C12H20ClN3/c1-3-6-12(7-5-8-14-12)11-10(13)9-15-16(11)4-2/h9,14H,3-8H2,1-2H3. The quantitative estimate of drug-likeness (QED) is 0.879. The van der Waals surface area contributed by atoms with Crippen LogP contribution in [0.1, 0.15) is 45.2 Å². The lowest BCUT2D eigenvalue weighted by Crippen LogP contribution is -2.39. The first-order chi connectivity index (χ1) is 7.73. The molecule has 1 saturated heterocycles. The van der Waals surface area contributed by atoms with Crippen molar-refractivity contribution in [2.45, 2.75) is 51.6 Å². The highest BCUT2D eigenvalue weighted by Crippen LogP contribution is 2.38. The second-order valence-corrected chi connectivity index (χ2v) is 4.93. The number of hydrogen-bond acceptors (Lipinski definition) is 2. The molecule has 2 heterocycles. The highest BCUT2D eigenvalue weighted by atomic mass is 35.5. The van der Waals surface area contributed by atoms with Gasteiger partial charge in [0.15, 0.2) is 0 Å². The summed E-state index contributed by atoms with van der Waals surface area (Å²) >= 11 is 6.31. The Bertz CT molecular complexity index is 353. The monoisotopic (exact) mass is 241 g/mol. The fraction of sp³-hybridized carbons (Fsp3) is 0.750. The first-order valence-electron chi connectivity index (χ1n) is 6.20. The highest BCUT2D eigenvalue weighted by Gasteiger charge is 2.38. The molecule has 1 N–H and O–H groups in total. The van der Waals surface area contributed by atoms with Gasteiger partial charge in [-0.2, -0.15) is 5.10 Å². The minimum atomic E-state index is 0.0678. The van der Waals surface area contributed by atoms with Crippen molar-refractivity contribution in [3.8, 4) is 0 Å². The van der Waals surface area contributed by atoms with Crippen LogP contribution in [0.2, 0.25) is 5.02 Å². The van der Waals surface area contributed by atoms with Gasteiger partial charge >= 0.3 is 0 Å². The van der Waals surface area contributed by atoms with Gasteiger partial charge < -0.3 is 5.32 Å². The summed E-state index contributed by atoms with van der Waals surface area (Å²) in [7, 11) is 0. The number of halogens is 1. The average molecular weight is 242 g/mol. The van der Waals surface area contributed by atoms with Crippen LogP contribution >= 0.6 is 11.6 Å². The van der Waals surface area contributed by atoms with E-state index in [1.54, 1.807) is 6.20 Å². The fourth-order valence-electron chi connectivity index (χ4n) is 2.84. The molecule has 1 atom stereocenters. The molecule has 1 aromatic rings. The number of nitrogens with one attached hydrogen (secondary N) is 1. The van der Waals surface area contributed by atoms with Crippen molar-refractivity contribution in [3.63, 3.8) is 0 Å². The Kier molecular flexibility index (Phi) is 3.55. The van der Waals surface area contributed by atoms with Crippen LogP contribution in [0.3, 0.4) is 0 Å². The first-order valence-corrected chi connectivity index (χ1v) is 6.58. The molecule has 0 aliphatic carbocycles. The summed E-state index contributed by atoms with van der Waals surface area (Å²) in [5.41, 5.74) is 1.26. The molecule has 2 rings (SSSR count). The lowest BCUT2D eigenvalue weighted by atomic mass is 9.88. The van der Waals surface area contributed by atoms with Crippen LogP contribution in [0, 0.1) is 0 Å². The molecular formula is C12H20ClN3. The predicted molar refractivity (Wildman–Crippen MR) is 66.7 cm³/mol. The van der Waals surface area contributed by atoms with Crippen LogP contribution in [0.5, 0.6) is 0 Å². The molecule has 0 spiro atoms. The highest BCUT2D eigenvalue weighted by molar-refractivity contribution is 6.31. The summed E-state index contributed by atoms with van der Waals surface area (Å²) in [6.07, 6.45) is 6.48. The van der Waals surface area contributed by atoms with Crippen molar-refractivity contribution in [2.24, 2.45) is 0 Å². The van der Waals surface area contributed by atoms with Crippen molar-refractivity contribution in [2.75, 3.05) is 6.54 Å². The number of aromatic nitrogens is 2. The van der Waals surface area contributed by atoms with Gasteiger partial charge in [-0.05, 0) is 32.7 Å². The van der Waals surface area contributed by atoms with Crippen molar-refractivity contribution in [1.29, 1.82) is 0 Å². The van der Waals surface area contributed by atoms with Gasteiger partial charge in [0.25, 0.3) is 0 Å². The molecule has 0 radical (unpaired) electrons. The molecule has 1 fully saturated rings. The van der Waals surface area contributed by atoms with Crippen molar-refractivity contribution in [3.05, 3.63) is 16.9 Å². The molecule has 1 aliphatic rings. The largest absolute Gasteiger partial charge is 0.306 e. The second-order valence-electron chi connectivity index (χ2n) is 4.52. The molecule has 0 bridgehead atoms. The molecule has 1 unspecified atom stereocenters. The molecule has 1 aliphatic heterocycles.